The Morgan fingerprint density at radius 1 is 1.10 bits per heavy atom. The zero-order chi connectivity index (χ0) is 31.1. The fraction of sp³-hybridized carbons (Fsp3) is 0.321. The summed E-state index contributed by atoms with van der Waals surface area (Å²) >= 11 is 0. The van der Waals surface area contributed by atoms with Crippen molar-refractivity contribution in [2.24, 2.45) is 0 Å². The summed E-state index contributed by atoms with van der Waals surface area (Å²) in [7, 11) is -2.35. The van der Waals surface area contributed by atoms with Gasteiger partial charge in [0.05, 0.1) is 11.4 Å². The van der Waals surface area contributed by atoms with E-state index in [4.69, 9.17) is 4.74 Å². The summed E-state index contributed by atoms with van der Waals surface area (Å²) in [4.78, 5) is 25.5. The molecule has 0 atom stereocenters. The van der Waals surface area contributed by atoms with Crippen LogP contribution in [0.4, 0.5) is 23.4 Å². The molecule has 0 radical (unpaired) electrons. The Morgan fingerprint density at radius 2 is 1.76 bits per heavy atom. The first kappa shape index (κ1) is 32.3. The first-order valence-electron chi connectivity index (χ1n) is 12.6. The second-order valence-corrected chi connectivity index (χ2v) is 11.7. The predicted octanol–water partition coefficient (Wildman–Crippen LogP) is 4.53. The molecular formula is C28H30F4N4O5S. The minimum absolute atomic E-state index is 0.0437. The first-order chi connectivity index (χ1) is 19.7. The Kier molecular flexibility index (Phi) is 10.5. The van der Waals surface area contributed by atoms with Gasteiger partial charge < -0.3 is 15.4 Å². The van der Waals surface area contributed by atoms with Crippen LogP contribution in [0.25, 0.3) is 5.69 Å². The van der Waals surface area contributed by atoms with Crippen LogP contribution in [0, 0.1) is 0 Å². The number of rotatable bonds is 13. The van der Waals surface area contributed by atoms with Gasteiger partial charge in [-0.05, 0) is 36.2 Å². The molecule has 0 aliphatic heterocycles. The van der Waals surface area contributed by atoms with Crippen molar-refractivity contribution in [3.05, 3.63) is 83.1 Å². The number of halogens is 4. The maximum atomic E-state index is 13.1. The van der Waals surface area contributed by atoms with Gasteiger partial charge in [-0.2, -0.15) is 5.10 Å². The molecule has 2 amide bonds. The molecular weight excluding hydrogens is 580 g/mol. The van der Waals surface area contributed by atoms with Gasteiger partial charge in [0, 0.05) is 32.2 Å². The molecule has 42 heavy (non-hydrogen) atoms. The van der Waals surface area contributed by atoms with E-state index in [-0.39, 0.29) is 40.5 Å². The monoisotopic (exact) mass is 610 g/mol. The number of sulfone groups is 1. The Balaban J connectivity index is 1.92. The molecule has 0 unspecified atom stereocenters. The van der Waals surface area contributed by atoms with Crippen LogP contribution in [-0.4, -0.2) is 61.6 Å². The number of alkyl halides is 4. The SMILES string of the molecule is CNC(=O)c1c(C/C=C/Cc2cccc(OCC(C)(F)F)c2)nn(-c2ccc(C(F)F)cc2)c1NC(=O)CS(C)(=O)=O. The van der Waals surface area contributed by atoms with Gasteiger partial charge in [0.1, 0.15) is 22.9 Å². The zero-order valence-corrected chi connectivity index (χ0v) is 23.9. The third kappa shape index (κ3) is 9.43. The summed E-state index contributed by atoms with van der Waals surface area (Å²) < 4.78 is 82.1. The number of carbonyl (C=O) groups excluding carboxylic acids is 2. The maximum absolute atomic E-state index is 13.1. The lowest BCUT2D eigenvalue weighted by Crippen LogP contribution is -2.26. The second-order valence-electron chi connectivity index (χ2n) is 9.56. The maximum Gasteiger partial charge on any atom is 0.278 e. The number of hydrogen-bond acceptors (Lipinski definition) is 6. The number of anilines is 1. The van der Waals surface area contributed by atoms with Crippen molar-refractivity contribution in [2.45, 2.75) is 32.1 Å². The highest BCUT2D eigenvalue weighted by Crippen LogP contribution is 2.27. The summed E-state index contributed by atoms with van der Waals surface area (Å²) in [6.45, 7) is 0.000102. The Labute approximate surface area is 240 Å². The lowest BCUT2D eigenvalue weighted by Gasteiger charge is -2.12. The van der Waals surface area contributed by atoms with Gasteiger partial charge in [0.15, 0.2) is 16.4 Å². The number of allylic oxidation sites excluding steroid dienone is 2. The number of nitrogens with zero attached hydrogens (tertiary/aromatic N) is 2. The third-order valence-corrected chi connectivity index (χ3v) is 6.46. The number of hydrogen-bond donors (Lipinski definition) is 2. The summed E-state index contributed by atoms with van der Waals surface area (Å²) in [5, 5.41) is 9.34. The van der Waals surface area contributed by atoms with E-state index in [1.165, 1.54) is 36.0 Å². The summed E-state index contributed by atoms with van der Waals surface area (Å²) in [6.07, 6.45) is 2.12. The number of aromatic nitrogens is 2. The first-order valence-corrected chi connectivity index (χ1v) is 14.7. The smallest absolute Gasteiger partial charge is 0.278 e. The van der Waals surface area contributed by atoms with Crippen molar-refractivity contribution in [3.63, 3.8) is 0 Å². The highest BCUT2D eigenvalue weighted by atomic mass is 32.2. The van der Waals surface area contributed by atoms with E-state index in [9.17, 15) is 35.6 Å². The van der Waals surface area contributed by atoms with Crippen LogP contribution in [0.1, 0.15) is 40.5 Å². The minimum atomic E-state index is -3.71. The summed E-state index contributed by atoms with van der Waals surface area (Å²) in [6, 6.07) is 11.6. The molecule has 2 aromatic carbocycles. The molecule has 0 saturated heterocycles. The Morgan fingerprint density at radius 3 is 2.36 bits per heavy atom. The van der Waals surface area contributed by atoms with Gasteiger partial charge in [-0.25, -0.2) is 30.7 Å². The third-order valence-electron chi connectivity index (χ3n) is 5.67. The largest absolute Gasteiger partial charge is 0.487 e. The van der Waals surface area contributed by atoms with Gasteiger partial charge in [0.2, 0.25) is 5.91 Å². The number of benzene rings is 2. The van der Waals surface area contributed by atoms with Crippen molar-refractivity contribution < 1.29 is 40.3 Å². The molecule has 14 heteroatoms. The van der Waals surface area contributed by atoms with Gasteiger partial charge in [-0.3, -0.25) is 9.59 Å². The van der Waals surface area contributed by atoms with Gasteiger partial charge in [0.25, 0.3) is 18.3 Å². The average molecular weight is 611 g/mol. The van der Waals surface area contributed by atoms with E-state index in [0.717, 1.165) is 18.7 Å². The second kappa shape index (κ2) is 13.6. The summed E-state index contributed by atoms with van der Waals surface area (Å²) in [5.74, 6) is -5.22. The zero-order valence-electron chi connectivity index (χ0n) is 23.0. The van der Waals surface area contributed by atoms with E-state index in [1.807, 2.05) is 0 Å². The van der Waals surface area contributed by atoms with Gasteiger partial charge >= 0.3 is 0 Å². The summed E-state index contributed by atoms with van der Waals surface area (Å²) in [5.41, 5.74) is 0.927. The van der Waals surface area contributed by atoms with E-state index < -0.39 is 46.4 Å². The fourth-order valence-corrected chi connectivity index (χ4v) is 4.37. The molecule has 0 saturated carbocycles. The molecule has 226 valence electrons. The number of nitrogens with one attached hydrogen (secondary N) is 2. The molecule has 0 spiro atoms. The van der Waals surface area contributed by atoms with E-state index in [0.29, 0.717) is 6.42 Å². The lowest BCUT2D eigenvalue weighted by molar-refractivity contribution is -0.113. The van der Waals surface area contributed by atoms with Crippen molar-refractivity contribution in [3.8, 4) is 11.4 Å². The molecule has 3 aromatic rings. The van der Waals surface area contributed by atoms with Crippen LogP contribution in [0.2, 0.25) is 0 Å². The molecule has 3 rings (SSSR count). The quantitative estimate of drug-likeness (QED) is 0.217. The molecule has 1 aromatic heterocycles. The highest BCUT2D eigenvalue weighted by Gasteiger charge is 2.26. The van der Waals surface area contributed by atoms with Crippen molar-refractivity contribution in [1.29, 1.82) is 0 Å². The van der Waals surface area contributed by atoms with E-state index >= 15 is 0 Å². The molecule has 1 heterocycles. The van der Waals surface area contributed by atoms with E-state index in [1.54, 1.807) is 36.4 Å². The van der Waals surface area contributed by atoms with Crippen molar-refractivity contribution in [2.75, 3.05) is 31.0 Å². The van der Waals surface area contributed by atoms with Crippen LogP contribution in [0.5, 0.6) is 5.75 Å². The Hall–Kier alpha value is -4.20. The number of ether oxygens (including phenoxy) is 1. The van der Waals surface area contributed by atoms with Crippen LogP contribution in [0.15, 0.2) is 60.7 Å². The number of carbonyl (C=O) groups is 2. The normalized spacial score (nSPS) is 12.1. The lowest BCUT2D eigenvalue weighted by atomic mass is 10.1. The number of amides is 2. The van der Waals surface area contributed by atoms with E-state index in [2.05, 4.69) is 15.7 Å². The molecule has 0 bridgehead atoms. The van der Waals surface area contributed by atoms with Crippen LogP contribution < -0.4 is 15.4 Å². The topological polar surface area (TPSA) is 119 Å². The van der Waals surface area contributed by atoms with Crippen molar-refractivity contribution >= 4 is 27.5 Å². The minimum Gasteiger partial charge on any atom is -0.487 e. The van der Waals surface area contributed by atoms with Crippen LogP contribution in [0.3, 0.4) is 0 Å². The standard InChI is InChI=1S/C28H30F4N4O5S/c1-28(31,32)17-41-21-9-6-8-18(15-21)7-4-5-10-22-24(27(38)33-2)26(34-23(37)16-42(3,39)40)36(35-22)20-13-11-19(12-14-20)25(29)30/h4-6,8-9,11-15,25H,7,10,16-17H2,1-3H3,(H,33,38)(H,34,37)/b5-4+. The van der Waals surface area contributed by atoms with Crippen molar-refractivity contribution in [1.82, 2.24) is 15.1 Å². The molecule has 9 nitrogen and oxygen atoms in total. The molecule has 0 aliphatic carbocycles. The Bertz CT molecular complexity index is 1550. The predicted molar refractivity (Wildman–Crippen MR) is 149 cm³/mol. The molecule has 2 N–H and O–H groups in total. The highest BCUT2D eigenvalue weighted by molar-refractivity contribution is 7.91. The molecule has 0 aliphatic rings. The van der Waals surface area contributed by atoms with Crippen LogP contribution >= 0.6 is 0 Å². The average Bonchev–Trinajstić information content (AvgIpc) is 3.25. The van der Waals surface area contributed by atoms with Crippen LogP contribution in [-0.2, 0) is 27.5 Å². The fourth-order valence-electron chi connectivity index (χ4n) is 3.83. The molecule has 0 fully saturated rings. The van der Waals surface area contributed by atoms with Gasteiger partial charge in [-0.15, -0.1) is 0 Å². The van der Waals surface area contributed by atoms with Gasteiger partial charge in [-0.1, -0.05) is 36.4 Å².